The van der Waals surface area contributed by atoms with E-state index in [2.05, 4.69) is 5.16 Å². The van der Waals surface area contributed by atoms with E-state index < -0.39 is 5.97 Å². The van der Waals surface area contributed by atoms with Crippen LogP contribution in [0.4, 0.5) is 0 Å². The Morgan fingerprint density at radius 2 is 2.20 bits per heavy atom. The van der Waals surface area contributed by atoms with Gasteiger partial charge in [0.05, 0.1) is 0 Å². The number of carbonyl (C=O) groups is 1. The number of carboxylic acids is 1. The molecule has 2 N–H and O–H groups in total. The van der Waals surface area contributed by atoms with Gasteiger partial charge in [0, 0.05) is 6.08 Å². The van der Waals surface area contributed by atoms with E-state index in [4.69, 9.17) is 15.6 Å². The van der Waals surface area contributed by atoms with E-state index in [1.54, 1.807) is 0 Å². The Balaban J connectivity index is 4.16. The van der Waals surface area contributed by atoms with E-state index in [9.17, 15) is 4.79 Å². The number of nitriles is 1. The largest absolute Gasteiger partial charge is 0.478 e. The molecule has 0 unspecified atom stereocenters. The number of oxime groups is 1. The second-order valence-electron chi connectivity index (χ2n) is 1.27. The van der Waals surface area contributed by atoms with Crippen molar-refractivity contribution in [2.24, 2.45) is 5.16 Å². The van der Waals surface area contributed by atoms with Crippen molar-refractivity contribution < 1.29 is 15.1 Å². The van der Waals surface area contributed by atoms with Crippen molar-refractivity contribution in [3.05, 3.63) is 12.2 Å². The number of nitrogens with zero attached hydrogens (tertiary/aromatic N) is 2. The van der Waals surface area contributed by atoms with Gasteiger partial charge in [0.25, 0.3) is 0 Å². The van der Waals surface area contributed by atoms with Crippen molar-refractivity contribution in [3.8, 4) is 6.07 Å². The van der Waals surface area contributed by atoms with Crippen molar-refractivity contribution in [1.82, 2.24) is 0 Å². The van der Waals surface area contributed by atoms with Crippen LogP contribution in [-0.2, 0) is 4.79 Å². The average molecular weight is 140 g/mol. The van der Waals surface area contributed by atoms with Gasteiger partial charge < -0.3 is 10.3 Å². The lowest BCUT2D eigenvalue weighted by Gasteiger charge is -1.78. The molecule has 0 saturated carbocycles. The standard InChI is InChI=1S/C5H4N2O3/c6-3-4(7-10)1-2-5(8)9/h1-2,10H,(H,8,9)/b2-1+,7-4-. The van der Waals surface area contributed by atoms with Crippen LogP contribution in [0.25, 0.3) is 0 Å². The monoisotopic (exact) mass is 140 g/mol. The first kappa shape index (κ1) is 8.17. The molecular formula is C5H4N2O3. The van der Waals surface area contributed by atoms with E-state index in [-0.39, 0.29) is 5.71 Å². The fourth-order valence-electron chi connectivity index (χ4n) is 0.243. The molecule has 0 aromatic heterocycles. The maximum atomic E-state index is 9.80. The maximum Gasteiger partial charge on any atom is 0.328 e. The van der Waals surface area contributed by atoms with Gasteiger partial charge in [0.2, 0.25) is 0 Å². The average Bonchev–Trinajstić information content (AvgIpc) is 1.90. The number of hydrogen-bond acceptors (Lipinski definition) is 4. The quantitative estimate of drug-likeness (QED) is 0.244. The number of rotatable bonds is 2. The lowest BCUT2D eigenvalue weighted by molar-refractivity contribution is -0.131. The molecule has 0 aromatic carbocycles. The van der Waals surface area contributed by atoms with Gasteiger partial charge in [0.1, 0.15) is 6.07 Å². The van der Waals surface area contributed by atoms with Crippen molar-refractivity contribution in [1.29, 1.82) is 5.26 Å². The smallest absolute Gasteiger partial charge is 0.328 e. The molecule has 0 saturated heterocycles. The molecular weight excluding hydrogens is 136 g/mol. The summed E-state index contributed by atoms with van der Waals surface area (Å²) >= 11 is 0. The topological polar surface area (TPSA) is 93.7 Å². The molecule has 0 fully saturated rings. The van der Waals surface area contributed by atoms with E-state index in [1.807, 2.05) is 0 Å². The fourth-order valence-corrected chi connectivity index (χ4v) is 0.243. The molecule has 5 nitrogen and oxygen atoms in total. The summed E-state index contributed by atoms with van der Waals surface area (Å²) in [5.74, 6) is -1.20. The first-order chi connectivity index (χ1) is 4.70. The molecule has 52 valence electrons. The Hall–Kier alpha value is -1.83. The number of aliphatic carboxylic acids is 1. The van der Waals surface area contributed by atoms with Gasteiger partial charge in [-0.2, -0.15) is 5.26 Å². The van der Waals surface area contributed by atoms with Gasteiger partial charge in [-0.15, -0.1) is 0 Å². The highest BCUT2D eigenvalue weighted by Gasteiger charge is 1.91. The van der Waals surface area contributed by atoms with Gasteiger partial charge >= 0.3 is 5.97 Å². The van der Waals surface area contributed by atoms with Crippen molar-refractivity contribution in [3.63, 3.8) is 0 Å². The van der Waals surface area contributed by atoms with Crippen LogP contribution in [0.2, 0.25) is 0 Å². The molecule has 0 rings (SSSR count). The Morgan fingerprint density at radius 1 is 1.60 bits per heavy atom. The summed E-state index contributed by atoms with van der Waals surface area (Å²) in [4.78, 5) is 9.80. The summed E-state index contributed by atoms with van der Waals surface area (Å²) in [5.41, 5.74) is -0.345. The predicted molar refractivity (Wildman–Crippen MR) is 31.6 cm³/mol. The summed E-state index contributed by atoms with van der Waals surface area (Å²) in [6, 6.07) is 1.46. The van der Waals surface area contributed by atoms with Crippen LogP contribution >= 0.6 is 0 Å². The van der Waals surface area contributed by atoms with E-state index in [0.29, 0.717) is 6.08 Å². The second-order valence-corrected chi connectivity index (χ2v) is 1.27. The number of hydrogen-bond donors (Lipinski definition) is 2. The second kappa shape index (κ2) is 4.09. The Morgan fingerprint density at radius 3 is 2.50 bits per heavy atom. The number of allylic oxidation sites excluding steroid dienone is 1. The molecule has 5 heteroatoms. The van der Waals surface area contributed by atoms with Crippen molar-refractivity contribution in [2.45, 2.75) is 0 Å². The molecule has 10 heavy (non-hydrogen) atoms. The molecule has 0 aliphatic rings. The molecule has 0 amide bonds. The molecule has 0 aliphatic carbocycles. The first-order valence-corrected chi connectivity index (χ1v) is 2.24. The van der Waals surface area contributed by atoms with Crippen molar-refractivity contribution in [2.75, 3.05) is 0 Å². The summed E-state index contributed by atoms with van der Waals surface area (Å²) in [7, 11) is 0. The molecule has 0 spiro atoms. The third-order valence-electron chi connectivity index (χ3n) is 0.606. The molecule has 0 aromatic rings. The normalized spacial score (nSPS) is 11.3. The highest BCUT2D eigenvalue weighted by Crippen LogP contribution is 1.78. The summed E-state index contributed by atoms with van der Waals surface area (Å²) < 4.78 is 0. The van der Waals surface area contributed by atoms with Crippen LogP contribution in [-0.4, -0.2) is 22.0 Å². The predicted octanol–water partition coefficient (Wildman–Crippen LogP) is -0.0190. The Kier molecular flexibility index (Phi) is 3.34. The third kappa shape index (κ3) is 3.21. The van der Waals surface area contributed by atoms with E-state index in [0.717, 1.165) is 6.08 Å². The van der Waals surface area contributed by atoms with E-state index in [1.165, 1.54) is 6.07 Å². The highest BCUT2D eigenvalue weighted by molar-refractivity contribution is 6.08. The Labute approximate surface area is 56.5 Å². The van der Waals surface area contributed by atoms with Crippen LogP contribution < -0.4 is 0 Å². The lowest BCUT2D eigenvalue weighted by atomic mass is 10.3. The molecule has 0 radical (unpaired) electrons. The molecule has 0 aliphatic heterocycles. The van der Waals surface area contributed by atoms with Crippen LogP contribution in [0, 0.1) is 11.3 Å². The first-order valence-electron chi connectivity index (χ1n) is 2.24. The van der Waals surface area contributed by atoms with Crippen LogP contribution in [0.5, 0.6) is 0 Å². The zero-order chi connectivity index (χ0) is 7.98. The van der Waals surface area contributed by atoms with Gasteiger partial charge in [0.15, 0.2) is 5.71 Å². The minimum atomic E-state index is -1.20. The molecule has 0 heterocycles. The van der Waals surface area contributed by atoms with Crippen molar-refractivity contribution >= 4 is 11.7 Å². The van der Waals surface area contributed by atoms with Crippen LogP contribution in [0.3, 0.4) is 0 Å². The Bertz CT molecular complexity index is 224. The lowest BCUT2D eigenvalue weighted by Crippen LogP contribution is -1.91. The van der Waals surface area contributed by atoms with Crippen LogP contribution in [0.1, 0.15) is 0 Å². The van der Waals surface area contributed by atoms with Gasteiger partial charge in [-0.3, -0.25) is 0 Å². The summed E-state index contributed by atoms with van der Waals surface area (Å²) in [6.45, 7) is 0. The summed E-state index contributed by atoms with van der Waals surface area (Å²) in [6.07, 6.45) is 1.60. The van der Waals surface area contributed by atoms with Gasteiger partial charge in [-0.25, -0.2) is 4.79 Å². The SMILES string of the molecule is N#CC(/C=C/C(=O)O)=N\O. The van der Waals surface area contributed by atoms with Crippen LogP contribution in [0.15, 0.2) is 17.3 Å². The molecule has 0 bridgehead atoms. The number of carboxylic acid groups (broad SMARTS) is 1. The molecule has 0 atom stereocenters. The van der Waals surface area contributed by atoms with Gasteiger partial charge in [-0.05, 0) is 6.08 Å². The minimum absolute atomic E-state index is 0.345. The summed E-state index contributed by atoms with van der Waals surface area (Å²) in [5, 5.41) is 26.5. The van der Waals surface area contributed by atoms with E-state index >= 15 is 0 Å². The highest BCUT2D eigenvalue weighted by atomic mass is 16.4. The maximum absolute atomic E-state index is 9.80. The fraction of sp³-hybridized carbons (Fsp3) is 0. The zero-order valence-corrected chi connectivity index (χ0v) is 4.85. The third-order valence-corrected chi connectivity index (χ3v) is 0.606. The zero-order valence-electron chi connectivity index (χ0n) is 4.85. The van der Waals surface area contributed by atoms with Gasteiger partial charge in [-0.1, -0.05) is 5.16 Å². The minimum Gasteiger partial charge on any atom is -0.478 e.